The number of hydrogen-bond donors (Lipinski definition) is 1. The summed E-state index contributed by atoms with van der Waals surface area (Å²) in [7, 11) is 1.32. The molecule has 0 radical (unpaired) electrons. The zero-order valence-corrected chi connectivity index (χ0v) is 11.3. The summed E-state index contributed by atoms with van der Waals surface area (Å²) in [6.45, 7) is 0.154. The highest BCUT2D eigenvalue weighted by Gasteiger charge is 2.40. The minimum Gasteiger partial charge on any atom is -0.494 e. The van der Waals surface area contributed by atoms with Crippen molar-refractivity contribution in [1.82, 2.24) is 10.2 Å². The van der Waals surface area contributed by atoms with Crippen molar-refractivity contribution < 1.29 is 23.5 Å². The number of rotatable bonds is 2. The average Bonchev–Trinajstić information content (AvgIpc) is 2.77. The number of benzene rings is 1. The first-order valence-electron chi connectivity index (χ1n) is 6.53. The zero-order valence-electron chi connectivity index (χ0n) is 11.3. The summed E-state index contributed by atoms with van der Waals surface area (Å²) >= 11 is 0. The fourth-order valence-corrected chi connectivity index (χ4v) is 2.75. The number of carbonyl (C=O) groups is 3. The maximum atomic E-state index is 14.2. The Balaban J connectivity index is 1.92. The molecule has 1 unspecified atom stereocenters. The molecule has 1 fully saturated rings. The molecule has 1 aromatic carbocycles. The topological polar surface area (TPSA) is 75.7 Å². The third-order valence-corrected chi connectivity index (χ3v) is 3.81. The van der Waals surface area contributed by atoms with Gasteiger partial charge in [-0.2, -0.15) is 0 Å². The Kier molecular flexibility index (Phi) is 3.12. The van der Waals surface area contributed by atoms with Gasteiger partial charge in [0.1, 0.15) is 6.04 Å². The number of halogens is 1. The van der Waals surface area contributed by atoms with Crippen LogP contribution in [0.1, 0.15) is 28.8 Å². The van der Waals surface area contributed by atoms with Crippen molar-refractivity contribution in [2.24, 2.45) is 0 Å². The summed E-state index contributed by atoms with van der Waals surface area (Å²) in [6.07, 6.45) is 0.422. The number of ether oxygens (including phenoxy) is 1. The molecule has 7 heteroatoms. The highest BCUT2D eigenvalue weighted by atomic mass is 19.1. The molecule has 1 saturated heterocycles. The molecule has 110 valence electrons. The number of nitrogens with one attached hydrogen (secondary N) is 1. The van der Waals surface area contributed by atoms with Crippen molar-refractivity contribution in [3.8, 4) is 5.75 Å². The molecule has 2 aliphatic heterocycles. The molecular formula is C14H13FN2O4. The van der Waals surface area contributed by atoms with Gasteiger partial charge < -0.3 is 9.64 Å². The second-order valence-electron chi connectivity index (χ2n) is 5.02. The van der Waals surface area contributed by atoms with E-state index in [0.29, 0.717) is 5.56 Å². The lowest BCUT2D eigenvalue weighted by molar-refractivity contribution is -0.136. The number of piperidine rings is 1. The molecule has 0 bridgehead atoms. The normalized spacial score (nSPS) is 21.3. The summed E-state index contributed by atoms with van der Waals surface area (Å²) in [4.78, 5) is 36.7. The van der Waals surface area contributed by atoms with E-state index in [-0.39, 0.29) is 36.6 Å². The highest BCUT2D eigenvalue weighted by Crippen LogP contribution is 2.32. The fraction of sp³-hybridized carbons (Fsp3) is 0.357. The summed E-state index contributed by atoms with van der Waals surface area (Å²) in [6, 6.07) is 2.32. The van der Waals surface area contributed by atoms with E-state index in [4.69, 9.17) is 4.74 Å². The first-order valence-corrected chi connectivity index (χ1v) is 6.53. The fourth-order valence-electron chi connectivity index (χ4n) is 2.75. The van der Waals surface area contributed by atoms with Gasteiger partial charge in [-0.3, -0.25) is 19.7 Å². The van der Waals surface area contributed by atoms with Gasteiger partial charge in [0, 0.05) is 13.0 Å². The van der Waals surface area contributed by atoms with Crippen LogP contribution in [0.25, 0.3) is 0 Å². The van der Waals surface area contributed by atoms with Crippen molar-refractivity contribution >= 4 is 17.7 Å². The second kappa shape index (κ2) is 4.83. The molecule has 21 heavy (non-hydrogen) atoms. The van der Waals surface area contributed by atoms with Crippen LogP contribution in [0.15, 0.2) is 12.1 Å². The largest absolute Gasteiger partial charge is 0.494 e. The maximum absolute atomic E-state index is 14.2. The molecule has 1 aromatic rings. The lowest BCUT2D eigenvalue weighted by atomic mass is 10.0. The standard InChI is InChI=1S/C14H13FN2O4/c1-21-9-4-2-7-6-17(14(20)11(7)12(9)15)8-3-5-10(18)16-13(8)19/h2,4,8H,3,5-6H2,1H3,(H,16,18,19). The molecule has 1 N–H and O–H groups in total. The Morgan fingerprint density at radius 3 is 2.76 bits per heavy atom. The average molecular weight is 292 g/mol. The molecule has 3 amide bonds. The predicted molar refractivity (Wildman–Crippen MR) is 69.0 cm³/mol. The number of carbonyl (C=O) groups excluding carboxylic acids is 3. The molecule has 2 heterocycles. The van der Waals surface area contributed by atoms with Crippen LogP contribution >= 0.6 is 0 Å². The molecular weight excluding hydrogens is 279 g/mol. The van der Waals surface area contributed by atoms with Crippen molar-refractivity contribution in [2.45, 2.75) is 25.4 Å². The van der Waals surface area contributed by atoms with Crippen molar-refractivity contribution in [3.05, 3.63) is 29.1 Å². The number of nitrogens with zero attached hydrogens (tertiary/aromatic N) is 1. The number of fused-ring (bicyclic) bond motifs is 1. The third-order valence-electron chi connectivity index (χ3n) is 3.81. The van der Waals surface area contributed by atoms with Crippen molar-refractivity contribution in [3.63, 3.8) is 0 Å². The van der Waals surface area contributed by atoms with Crippen LogP contribution in [0.5, 0.6) is 5.75 Å². The number of methoxy groups -OCH3 is 1. The Hall–Kier alpha value is -2.44. The van der Waals surface area contributed by atoms with Crippen LogP contribution in [0, 0.1) is 5.82 Å². The Bertz CT molecular complexity index is 659. The van der Waals surface area contributed by atoms with E-state index in [1.807, 2.05) is 0 Å². The van der Waals surface area contributed by atoms with Gasteiger partial charge >= 0.3 is 0 Å². The van der Waals surface area contributed by atoms with E-state index < -0.39 is 23.7 Å². The Morgan fingerprint density at radius 1 is 1.33 bits per heavy atom. The number of imide groups is 1. The lowest BCUT2D eigenvalue weighted by Crippen LogP contribution is -2.52. The molecule has 0 saturated carbocycles. The summed E-state index contributed by atoms with van der Waals surface area (Å²) in [5.41, 5.74) is 0.460. The van der Waals surface area contributed by atoms with Crippen LogP contribution in [0.4, 0.5) is 4.39 Å². The lowest BCUT2D eigenvalue weighted by Gasteiger charge is -2.29. The Labute approximate surface area is 119 Å². The van der Waals surface area contributed by atoms with Crippen molar-refractivity contribution in [1.29, 1.82) is 0 Å². The molecule has 2 aliphatic rings. The SMILES string of the molecule is COc1ccc2c(c1F)C(=O)N(C1CCC(=O)NC1=O)C2. The van der Waals surface area contributed by atoms with E-state index in [1.165, 1.54) is 18.1 Å². The summed E-state index contributed by atoms with van der Waals surface area (Å²) in [5, 5.41) is 2.20. The van der Waals surface area contributed by atoms with E-state index in [0.717, 1.165) is 0 Å². The van der Waals surface area contributed by atoms with Crippen LogP contribution in [0.3, 0.4) is 0 Å². The van der Waals surface area contributed by atoms with Gasteiger partial charge in [0.05, 0.1) is 12.7 Å². The van der Waals surface area contributed by atoms with Gasteiger partial charge in [0.15, 0.2) is 11.6 Å². The quantitative estimate of drug-likeness (QED) is 0.810. The van der Waals surface area contributed by atoms with Crippen LogP contribution < -0.4 is 10.1 Å². The van der Waals surface area contributed by atoms with Gasteiger partial charge in [0.2, 0.25) is 11.8 Å². The van der Waals surface area contributed by atoms with E-state index in [9.17, 15) is 18.8 Å². The van der Waals surface area contributed by atoms with E-state index in [1.54, 1.807) is 6.07 Å². The monoisotopic (exact) mass is 292 g/mol. The molecule has 0 aromatic heterocycles. The molecule has 0 spiro atoms. The second-order valence-corrected chi connectivity index (χ2v) is 5.02. The first-order chi connectivity index (χ1) is 10.0. The van der Waals surface area contributed by atoms with Gasteiger partial charge in [0.25, 0.3) is 5.91 Å². The van der Waals surface area contributed by atoms with E-state index in [2.05, 4.69) is 5.32 Å². The minimum atomic E-state index is -0.743. The van der Waals surface area contributed by atoms with Crippen LogP contribution in [-0.2, 0) is 16.1 Å². The van der Waals surface area contributed by atoms with Crippen LogP contribution in [0.2, 0.25) is 0 Å². The number of hydrogen-bond acceptors (Lipinski definition) is 4. The smallest absolute Gasteiger partial charge is 0.258 e. The Morgan fingerprint density at radius 2 is 2.10 bits per heavy atom. The molecule has 6 nitrogen and oxygen atoms in total. The van der Waals surface area contributed by atoms with Gasteiger partial charge in [-0.05, 0) is 18.1 Å². The summed E-state index contributed by atoms with van der Waals surface area (Å²) < 4.78 is 19.1. The highest BCUT2D eigenvalue weighted by molar-refractivity contribution is 6.05. The molecule has 3 rings (SSSR count). The van der Waals surface area contributed by atoms with Gasteiger partial charge in [-0.1, -0.05) is 6.07 Å². The third kappa shape index (κ3) is 2.05. The minimum absolute atomic E-state index is 0.00720. The van der Waals surface area contributed by atoms with Gasteiger partial charge in [-0.15, -0.1) is 0 Å². The van der Waals surface area contributed by atoms with Crippen molar-refractivity contribution in [2.75, 3.05) is 7.11 Å². The van der Waals surface area contributed by atoms with Gasteiger partial charge in [-0.25, -0.2) is 4.39 Å². The maximum Gasteiger partial charge on any atom is 0.258 e. The summed E-state index contributed by atoms with van der Waals surface area (Å²) in [5.74, 6) is -2.13. The molecule has 0 aliphatic carbocycles. The van der Waals surface area contributed by atoms with Crippen LogP contribution in [-0.4, -0.2) is 35.8 Å². The zero-order chi connectivity index (χ0) is 15.1. The van der Waals surface area contributed by atoms with E-state index >= 15 is 0 Å². The first kappa shape index (κ1) is 13.5. The number of amides is 3. The predicted octanol–water partition coefficient (Wildman–Crippen LogP) is 0.595. The molecule has 1 atom stereocenters.